The third-order valence-electron chi connectivity index (χ3n) is 2.77. The Kier molecular flexibility index (Phi) is 3.02. The van der Waals surface area contributed by atoms with Crippen molar-refractivity contribution in [1.29, 1.82) is 0 Å². The molecule has 1 atom stereocenters. The second kappa shape index (κ2) is 4.45. The summed E-state index contributed by atoms with van der Waals surface area (Å²) in [5.74, 6) is 1.05. The first-order valence-corrected chi connectivity index (χ1v) is 5.19. The zero-order valence-corrected chi connectivity index (χ0v) is 8.82. The summed E-state index contributed by atoms with van der Waals surface area (Å²) < 4.78 is 5.20. The molecule has 1 heterocycles. The van der Waals surface area contributed by atoms with Crippen LogP contribution in [0.5, 0.6) is 5.75 Å². The van der Waals surface area contributed by atoms with Gasteiger partial charge in [0.05, 0.1) is 13.2 Å². The molecule has 3 nitrogen and oxygen atoms in total. The van der Waals surface area contributed by atoms with E-state index in [0.717, 1.165) is 24.3 Å². The van der Waals surface area contributed by atoms with Crippen LogP contribution in [-0.2, 0) is 11.2 Å². The smallest absolute Gasteiger partial charge is 0.154 e. The Morgan fingerprint density at radius 3 is 2.87 bits per heavy atom. The van der Waals surface area contributed by atoms with Gasteiger partial charge in [0.2, 0.25) is 0 Å². The topological polar surface area (TPSA) is 38.3 Å². The average Bonchev–Trinajstić information content (AvgIpc) is 2.15. The zero-order valence-electron chi connectivity index (χ0n) is 8.82. The van der Waals surface area contributed by atoms with Crippen LogP contribution in [0.3, 0.4) is 0 Å². The van der Waals surface area contributed by atoms with E-state index in [4.69, 9.17) is 4.74 Å². The molecule has 15 heavy (non-hydrogen) atoms. The number of para-hydroxylation sites is 1. The summed E-state index contributed by atoms with van der Waals surface area (Å²) in [6.07, 6.45) is 1.43. The molecule has 0 aliphatic carbocycles. The number of methoxy groups -OCH3 is 1. The molecule has 1 aromatic carbocycles. The second-order valence-corrected chi connectivity index (χ2v) is 3.75. The van der Waals surface area contributed by atoms with Crippen LogP contribution >= 0.6 is 0 Å². The highest BCUT2D eigenvalue weighted by molar-refractivity contribution is 5.87. The predicted octanol–water partition coefficient (Wildman–Crippen LogP) is 1.17. The molecule has 1 aliphatic rings. The zero-order chi connectivity index (χ0) is 10.7. The van der Waals surface area contributed by atoms with E-state index in [2.05, 4.69) is 5.32 Å². The van der Waals surface area contributed by atoms with Gasteiger partial charge >= 0.3 is 0 Å². The normalized spacial score (nSPS) is 19.4. The van der Waals surface area contributed by atoms with Crippen molar-refractivity contribution in [1.82, 2.24) is 5.32 Å². The summed E-state index contributed by atoms with van der Waals surface area (Å²) >= 11 is 0. The van der Waals surface area contributed by atoms with Gasteiger partial charge in [-0.25, -0.2) is 0 Å². The first-order chi connectivity index (χ1) is 7.31. The lowest BCUT2D eigenvalue weighted by atomic mass is 9.96. The van der Waals surface area contributed by atoms with Crippen LogP contribution in [-0.4, -0.2) is 25.5 Å². The molecule has 80 valence electrons. The van der Waals surface area contributed by atoms with Gasteiger partial charge in [-0.15, -0.1) is 0 Å². The van der Waals surface area contributed by atoms with Gasteiger partial charge in [-0.05, 0) is 19.0 Å². The van der Waals surface area contributed by atoms with E-state index in [1.165, 1.54) is 0 Å². The monoisotopic (exact) mass is 205 g/mol. The minimum Gasteiger partial charge on any atom is -0.496 e. The summed E-state index contributed by atoms with van der Waals surface area (Å²) in [5.41, 5.74) is 0.971. The summed E-state index contributed by atoms with van der Waals surface area (Å²) in [4.78, 5) is 11.7. The van der Waals surface area contributed by atoms with Crippen molar-refractivity contribution in [3.63, 3.8) is 0 Å². The number of benzene rings is 1. The minimum absolute atomic E-state index is 0.0647. The van der Waals surface area contributed by atoms with Gasteiger partial charge in [0.25, 0.3) is 0 Å². The number of hydrogen-bond acceptors (Lipinski definition) is 3. The highest BCUT2D eigenvalue weighted by atomic mass is 16.5. The first-order valence-electron chi connectivity index (χ1n) is 5.19. The van der Waals surface area contributed by atoms with Crippen molar-refractivity contribution in [2.45, 2.75) is 18.9 Å². The Morgan fingerprint density at radius 2 is 2.27 bits per heavy atom. The van der Waals surface area contributed by atoms with Gasteiger partial charge in [0.15, 0.2) is 5.78 Å². The largest absolute Gasteiger partial charge is 0.496 e. The summed E-state index contributed by atoms with van der Waals surface area (Å²) in [5, 5.41) is 3.11. The molecule has 3 heteroatoms. The van der Waals surface area contributed by atoms with E-state index in [-0.39, 0.29) is 11.8 Å². The highest BCUT2D eigenvalue weighted by Crippen LogP contribution is 2.19. The summed E-state index contributed by atoms with van der Waals surface area (Å²) in [6, 6.07) is 7.73. The van der Waals surface area contributed by atoms with Crippen molar-refractivity contribution in [3.05, 3.63) is 29.8 Å². The van der Waals surface area contributed by atoms with Crippen molar-refractivity contribution >= 4 is 5.78 Å². The highest BCUT2D eigenvalue weighted by Gasteiger charge is 2.24. The number of carbonyl (C=O) groups is 1. The van der Waals surface area contributed by atoms with Crippen LogP contribution in [0.25, 0.3) is 0 Å². The van der Waals surface area contributed by atoms with Crippen LogP contribution in [0.1, 0.15) is 12.0 Å². The van der Waals surface area contributed by atoms with Crippen LogP contribution in [0.2, 0.25) is 0 Å². The maximum atomic E-state index is 11.7. The first kappa shape index (κ1) is 10.2. The van der Waals surface area contributed by atoms with E-state index < -0.39 is 0 Å². The number of Topliss-reactive ketones (excluding diaryl/α,β-unsaturated/α-hetero) is 1. The Bertz CT molecular complexity index is 358. The summed E-state index contributed by atoms with van der Waals surface area (Å²) in [6.45, 7) is 0.961. The molecule has 1 N–H and O–H groups in total. The molecule has 2 rings (SSSR count). The van der Waals surface area contributed by atoms with Crippen molar-refractivity contribution in [3.8, 4) is 5.75 Å². The van der Waals surface area contributed by atoms with E-state index in [1.807, 2.05) is 24.3 Å². The molecule has 1 unspecified atom stereocenters. The molecule has 0 spiro atoms. The fourth-order valence-corrected chi connectivity index (χ4v) is 1.72. The van der Waals surface area contributed by atoms with Crippen LogP contribution < -0.4 is 10.1 Å². The number of ketones is 1. The van der Waals surface area contributed by atoms with E-state index in [1.54, 1.807) is 7.11 Å². The number of rotatable bonds is 4. The Balaban J connectivity index is 2.05. The molecule has 1 aromatic rings. The fraction of sp³-hybridized carbons (Fsp3) is 0.417. The molecule has 0 aromatic heterocycles. The Hall–Kier alpha value is -1.35. The summed E-state index contributed by atoms with van der Waals surface area (Å²) in [7, 11) is 1.63. The van der Waals surface area contributed by atoms with Gasteiger partial charge in [-0.2, -0.15) is 0 Å². The molecule has 0 amide bonds. The number of carbonyl (C=O) groups excluding carboxylic acids is 1. The molecule has 0 saturated carbocycles. The van der Waals surface area contributed by atoms with Gasteiger partial charge in [-0.1, -0.05) is 18.2 Å². The van der Waals surface area contributed by atoms with Crippen LogP contribution in [0.15, 0.2) is 24.3 Å². The van der Waals surface area contributed by atoms with Crippen molar-refractivity contribution in [2.24, 2.45) is 0 Å². The lowest BCUT2D eigenvalue weighted by Crippen LogP contribution is -2.49. The van der Waals surface area contributed by atoms with Gasteiger partial charge in [0.1, 0.15) is 5.75 Å². The number of hydrogen-bond donors (Lipinski definition) is 1. The van der Waals surface area contributed by atoms with Crippen LogP contribution in [0, 0.1) is 0 Å². The van der Waals surface area contributed by atoms with E-state index in [0.29, 0.717) is 6.42 Å². The van der Waals surface area contributed by atoms with Crippen LogP contribution in [0.4, 0.5) is 0 Å². The molecule has 1 saturated heterocycles. The minimum atomic E-state index is 0.0647. The standard InChI is InChI=1S/C12H15NO2/c1-15-12-5-3-2-4-9(12)8-11(14)10-6-7-13-10/h2-5,10,13H,6-8H2,1H3. The van der Waals surface area contributed by atoms with Gasteiger partial charge < -0.3 is 10.1 Å². The van der Waals surface area contributed by atoms with Gasteiger partial charge in [0, 0.05) is 12.0 Å². The number of nitrogens with one attached hydrogen (secondary N) is 1. The number of ether oxygens (including phenoxy) is 1. The fourth-order valence-electron chi connectivity index (χ4n) is 1.72. The lowest BCUT2D eigenvalue weighted by molar-refractivity contribution is -0.121. The van der Waals surface area contributed by atoms with E-state index >= 15 is 0 Å². The maximum absolute atomic E-state index is 11.7. The molecule has 1 fully saturated rings. The van der Waals surface area contributed by atoms with E-state index in [9.17, 15) is 4.79 Å². The quantitative estimate of drug-likeness (QED) is 0.801. The van der Waals surface area contributed by atoms with Crippen molar-refractivity contribution in [2.75, 3.05) is 13.7 Å². The Labute approximate surface area is 89.4 Å². The van der Waals surface area contributed by atoms with Gasteiger partial charge in [-0.3, -0.25) is 4.79 Å². The molecular weight excluding hydrogens is 190 g/mol. The maximum Gasteiger partial charge on any atom is 0.154 e. The molecule has 1 aliphatic heterocycles. The lowest BCUT2D eigenvalue weighted by Gasteiger charge is -2.26. The second-order valence-electron chi connectivity index (χ2n) is 3.75. The average molecular weight is 205 g/mol. The molecular formula is C12H15NO2. The molecule has 0 bridgehead atoms. The predicted molar refractivity (Wildman–Crippen MR) is 58.1 cm³/mol. The third kappa shape index (κ3) is 2.18. The molecule has 0 radical (unpaired) electrons. The third-order valence-corrected chi connectivity index (χ3v) is 2.77. The SMILES string of the molecule is COc1ccccc1CC(=O)C1CCN1. The van der Waals surface area contributed by atoms with Crippen molar-refractivity contribution < 1.29 is 9.53 Å². The Morgan fingerprint density at radius 1 is 1.53 bits per heavy atom.